The lowest BCUT2D eigenvalue weighted by Crippen LogP contribution is -2.15. The van der Waals surface area contributed by atoms with E-state index in [0.29, 0.717) is 0 Å². The van der Waals surface area contributed by atoms with Crippen molar-refractivity contribution in [1.82, 2.24) is 4.98 Å². The van der Waals surface area contributed by atoms with Gasteiger partial charge < -0.3 is 5.73 Å². The van der Waals surface area contributed by atoms with Gasteiger partial charge in [0.2, 0.25) is 0 Å². The van der Waals surface area contributed by atoms with Crippen molar-refractivity contribution in [2.75, 3.05) is 0 Å². The van der Waals surface area contributed by atoms with E-state index in [-0.39, 0.29) is 6.04 Å². The van der Waals surface area contributed by atoms with Gasteiger partial charge in [0.15, 0.2) is 0 Å². The Labute approximate surface area is 114 Å². The molecule has 0 spiro atoms. The molecule has 2 N–H and O–H groups in total. The first kappa shape index (κ1) is 12.7. The Morgan fingerprint density at radius 2 is 2.06 bits per heavy atom. The summed E-state index contributed by atoms with van der Waals surface area (Å²) >= 11 is 5.13. The van der Waals surface area contributed by atoms with Gasteiger partial charge in [-0.2, -0.15) is 0 Å². The van der Waals surface area contributed by atoms with Crippen LogP contribution in [0, 0.1) is 0 Å². The van der Waals surface area contributed by atoms with Crippen molar-refractivity contribution in [2.45, 2.75) is 25.8 Å². The molecule has 90 valence electrons. The molecular formula is C13H15BrN2S. The summed E-state index contributed by atoms with van der Waals surface area (Å²) in [5, 5.41) is 3.21. The summed E-state index contributed by atoms with van der Waals surface area (Å²) in [6.45, 7) is 2.03. The number of halogens is 1. The number of thiazole rings is 1. The highest BCUT2D eigenvalue weighted by Crippen LogP contribution is 2.25. The number of aryl methyl sites for hydroxylation is 1. The Morgan fingerprint density at radius 1 is 1.35 bits per heavy atom. The second-order valence-corrected chi connectivity index (χ2v) is 5.94. The van der Waals surface area contributed by atoms with Crippen LogP contribution in [0.15, 0.2) is 34.1 Å². The van der Waals surface area contributed by atoms with Crippen LogP contribution < -0.4 is 5.73 Å². The summed E-state index contributed by atoms with van der Waals surface area (Å²) in [6, 6.07) is 8.49. The number of rotatable bonds is 4. The van der Waals surface area contributed by atoms with Gasteiger partial charge in [-0.1, -0.05) is 28.1 Å². The van der Waals surface area contributed by atoms with E-state index in [0.717, 1.165) is 28.0 Å². The maximum Gasteiger partial charge on any atom is 0.123 e. The maximum atomic E-state index is 5.75. The van der Waals surface area contributed by atoms with E-state index in [1.165, 1.54) is 5.56 Å². The van der Waals surface area contributed by atoms with Crippen LogP contribution in [0.25, 0.3) is 10.6 Å². The highest BCUT2D eigenvalue weighted by Gasteiger charge is 2.05. The van der Waals surface area contributed by atoms with E-state index in [1.54, 1.807) is 11.3 Å². The fourth-order valence-electron chi connectivity index (χ4n) is 1.52. The molecule has 0 fully saturated rings. The highest BCUT2D eigenvalue weighted by atomic mass is 79.9. The number of nitrogens with two attached hydrogens (primary N) is 1. The van der Waals surface area contributed by atoms with Crippen molar-refractivity contribution >= 4 is 27.3 Å². The van der Waals surface area contributed by atoms with E-state index in [9.17, 15) is 0 Å². The van der Waals surface area contributed by atoms with Gasteiger partial charge in [-0.15, -0.1) is 11.3 Å². The molecule has 0 aliphatic rings. The minimum absolute atomic E-state index is 0.243. The summed E-state index contributed by atoms with van der Waals surface area (Å²) < 4.78 is 1.09. The van der Waals surface area contributed by atoms with Crippen molar-refractivity contribution < 1.29 is 0 Å². The fourth-order valence-corrected chi connectivity index (χ4v) is 2.65. The van der Waals surface area contributed by atoms with Gasteiger partial charge in [0.05, 0.1) is 5.69 Å². The summed E-state index contributed by atoms with van der Waals surface area (Å²) in [7, 11) is 0. The molecule has 0 aliphatic heterocycles. The molecule has 1 aromatic carbocycles. The lowest BCUT2D eigenvalue weighted by molar-refractivity contribution is 0.660. The molecule has 2 aromatic rings. The van der Waals surface area contributed by atoms with Gasteiger partial charge in [0.25, 0.3) is 0 Å². The first-order chi connectivity index (χ1) is 8.15. The van der Waals surface area contributed by atoms with Crippen molar-refractivity contribution in [3.05, 3.63) is 39.8 Å². The number of hydrogen-bond acceptors (Lipinski definition) is 3. The van der Waals surface area contributed by atoms with Gasteiger partial charge >= 0.3 is 0 Å². The first-order valence-electron chi connectivity index (χ1n) is 5.61. The fraction of sp³-hybridized carbons (Fsp3) is 0.308. The quantitative estimate of drug-likeness (QED) is 0.931. The Hall–Kier alpha value is -0.710. The normalized spacial score (nSPS) is 12.6. The standard InChI is InChI=1S/C13H15BrN2S/c1-9(15)2-7-12-8-17-13(16-12)10-3-5-11(14)6-4-10/h3-6,8-9H,2,7,15H2,1H3. The average molecular weight is 311 g/mol. The molecule has 0 radical (unpaired) electrons. The van der Waals surface area contributed by atoms with Gasteiger partial charge in [0, 0.05) is 21.5 Å². The minimum atomic E-state index is 0.243. The molecule has 17 heavy (non-hydrogen) atoms. The third-order valence-electron chi connectivity index (χ3n) is 2.50. The van der Waals surface area contributed by atoms with Crippen LogP contribution in [0.3, 0.4) is 0 Å². The van der Waals surface area contributed by atoms with E-state index in [4.69, 9.17) is 5.73 Å². The topological polar surface area (TPSA) is 38.9 Å². The van der Waals surface area contributed by atoms with Gasteiger partial charge in [-0.25, -0.2) is 4.98 Å². The van der Waals surface area contributed by atoms with E-state index >= 15 is 0 Å². The number of hydrogen-bond donors (Lipinski definition) is 1. The molecule has 1 unspecified atom stereocenters. The third kappa shape index (κ3) is 3.63. The summed E-state index contributed by atoms with van der Waals surface area (Å²) in [4.78, 5) is 4.63. The van der Waals surface area contributed by atoms with Gasteiger partial charge in [-0.05, 0) is 31.9 Å². The molecule has 0 saturated heterocycles. The van der Waals surface area contributed by atoms with Crippen LogP contribution >= 0.6 is 27.3 Å². The molecule has 0 bridgehead atoms. The van der Waals surface area contributed by atoms with Crippen LogP contribution in [0.4, 0.5) is 0 Å². The molecule has 4 heteroatoms. The Bertz CT molecular complexity index is 476. The Balaban J connectivity index is 2.10. The zero-order valence-corrected chi connectivity index (χ0v) is 12.1. The number of aromatic nitrogens is 1. The number of benzene rings is 1. The zero-order chi connectivity index (χ0) is 12.3. The van der Waals surface area contributed by atoms with Gasteiger partial charge in [0.1, 0.15) is 5.01 Å². The van der Waals surface area contributed by atoms with E-state index in [1.807, 2.05) is 19.1 Å². The predicted molar refractivity (Wildman–Crippen MR) is 77.2 cm³/mol. The van der Waals surface area contributed by atoms with Crippen molar-refractivity contribution in [1.29, 1.82) is 0 Å². The molecule has 0 aliphatic carbocycles. The van der Waals surface area contributed by atoms with Crippen LogP contribution in [-0.4, -0.2) is 11.0 Å². The van der Waals surface area contributed by atoms with Gasteiger partial charge in [-0.3, -0.25) is 0 Å². The molecule has 1 aromatic heterocycles. The van der Waals surface area contributed by atoms with Crippen molar-refractivity contribution in [3.63, 3.8) is 0 Å². The van der Waals surface area contributed by atoms with E-state index in [2.05, 4.69) is 38.4 Å². The summed E-state index contributed by atoms with van der Waals surface area (Å²) in [5.74, 6) is 0. The SMILES string of the molecule is CC(N)CCc1csc(-c2ccc(Br)cc2)n1. The molecule has 0 amide bonds. The van der Waals surface area contributed by atoms with Crippen LogP contribution in [0.5, 0.6) is 0 Å². The number of nitrogens with zero attached hydrogens (tertiary/aromatic N) is 1. The second kappa shape index (κ2) is 5.76. The Kier molecular flexibility index (Phi) is 4.31. The van der Waals surface area contributed by atoms with Crippen LogP contribution in [0.2, 0.25) is 0 Å². The summed E-state index contributed by atoms with van der Waals surface area (Å²) in [6.07, 6.45) is 1.95. The predicted octanol–water partition coefficient (Wildman–Crippen LogP) is 3.85. The molecule has 2 rings (SSSR count). The van der Waals surface area contributed by atoms with E-state index < -0.39 is 0 Å². The van der Waals surface area contributed by atoms with Crippen LogP contribution in [-0.2, 0) is 6.42 Å². The summed E-state index contributed by atoms with van der Waals surface area (Å²) in [5.41, 5.74) is 8.06. The van der Waals surface area contributed by atoms with Crippen LogP contribution in [0.1, 0.15) is 19.0 Å². The minimum Gasteiger partial charge on any atom is -0.328 e. The molecule has 1 heterocycles. The smallest absolute Gasteiger partial charge is 0.123 e. The maximum absolute atomic E-state index is 5.75. The highest BCUT2D eigenvalue weighted by molar-refractivity contribution is 9.10. The lowest BCUT2D eigenvalue weighted by Gasteiger charge is -2.01. The Morgan fingerprint density at radius 3 is 2.71 bits per heavy atom. The lowest BCUT2D eigenvalue weighted by atomic mass is 10.1. The third-order valence-corrected chi connectivity index (χ3v) is 3.97. The average Bonchev–Trinajstić information content (AvgIpc) is 2.76. The van der Waals surface area contributed by atoms with Crippen molar-refractivity contribution in [2.24, 2.45) is 5.73 Å². The largest absolute Gasteiger partial charge is 0.328 e. The molecule has 1 atom stereocenters. The first-order valence-corrected chi connectivity index (χ1v) is 7.28. The molecular weight excluding hydrogens is 296 g/mol. The monoisotopic (exact) mass is 310 g/mol. The molecule has 2 nitrogen and oxygen atoms in total. The second-order valence-electron chi connectivity index (χ2n) is 4.17. The molecule has 0 saturated carbocycles. The zero-order valence-electron chi connectivity index (χ0n) is 9.69. The van der Waals surface area contributed by atoms with Crippen molar-refractivity contribution in [3.8, 4) is 10.6 Å².